The summed E-state index contributed by atoms with van der Waals surface area (Å²) in [7, 11) is 1.84. The number of nitrogens with zero attached hydrogens (tertiary/aromatic N) is 4. The van der Waals surface area contributed by atoms with Crippen molar-refractivity contribution in [2.24, 2.45) is 5.92 Å². The first-order valence-electron chi connectivity index (χ1n) is 8.51. The van der Waals surface area contributed by atoms with E-state index in [0.717, 1.165) is 6.42 Å². The van der Waals surface area contributed by atoms with Gasteiger partial charge in [-0.3, -0.25) is 14.3 Å². The molecule has 0 fully saturated rings. The van der Waals surface area contributed by atoms with Crippen LogP contribution in [0.2, 0.25) is 0 Å². The molecule has 1 amide bonds. The topological polar surface area (TPSA) is 70.8 Å². The Kier molecular flexibility index (Phi) is 5.88. The Hall–Kier alpha value is -2.02. The normalized spacial score (nSPS) is 14.6. The third-order valence-electron chi connectivity index (χ3n) is 4.12. The lowest BCUT2D eigenvalue weighted by molar-refractivity contribution is 0.0772. The van der Waals surface area contributed by atoms with E-state index in [-0.39, 0.29) is 12.5 Å². The highest BCUT2D eigenvalue weighted by Gasteiger charge is 2.36. The Morgan fingerprint density at radius 2 is 2.04 bits per heavy atom. The number of hydrogen-bond donors (Lipinski definition) is 1. The second-order valence-electron chi connectivity index (χ2n) is 6.34. The zero-order chi connectivity index (χ0) is 17.9. The molecule has 0 bridgehead atoms. The van der Waals surface area contributed by atoms with E-state index in [1.807, 2.05) is 23.4 Å². The lowest BCUT2D eigenvalue weighted by Crippen LogP contribution is -2.44. The van der Waals surface area contributed by atoms with Crippen LogP contribution in [0.1, 0.15) is 44.1 Å². The summed E-state index contributed by atoms with van der Waals surface area (Å²) in [4.78, 5) is 20.9. The molecule has 24 heavy (non-hydrogen) atoms. The number of carbonyl (C=O) groups excluding carboxylic acids is 1. The van der Waals surface area contributed by atoms with Gasteiger partial charge in [-0.05, 0) is 25.7 Å². The summed E-state index contributed by atoms with van der Waals surface area (Å²) in [5.74, 6) is 1.52. The van der Waals surface area contributed by atoms with E-state index in [1.165, 1.54) is 0 Å². The molecular weight excluding hydrogens is 308 g/mol. The third-order valence-corrected chi connectivity index (χ3v) is 4.12. The molecule has 0 aromatic carbocycles. The molecule has 2 heterocycles. The van der Waals surface area contributed by atoms with Crippen LogP contribution in [-0.2, 0) is 6.54 Å². The first kappa shape index (κ1) is 18.3. The third kappa shape index (κ3) is 3.40. The van der Waals surface area contributed by atoms with Crippen LogP contribution in [0.5, 0.6) is 6.01 Å². The molecule has 1 aliphatic heterocycles. The molecule has 134 valence electrons. The summed E-state index contributed by atoms with van der Waals surface area (Å²) < 4.78 is 7.53. The maximum Gasteiger partial charge on any atom is 0.298 e. The zero-order valence-electron chi connectivity index (χ0n) is 15.1. The number of rotatable bonds is 8. The number of aromatic nitrogens is 2. The van der Waals surface area contributed by atoms with Gasteiger partial charge in [0.1, 0.15) is 5.82 Å². The number of aliphatic hydroxyl groups excluding tert-OH is 1. The van der Waals surface area contributed by atoms with Gasteiger partial charge in [0.15, 0.2) is 11.5 Å². The maximum atomic E-state index is 13.0. The van der Waals surface area contributed by atoms with Gasteiger partial charge in [-0.1, -0.05) is 20.4 Å². The van der Waals surface area contributed by atoms with Crippen LogP contribution in [-0.4, -0.2) is 52.3 Å². The van der Waals surface area contributed by atoms with Gasteiger partial charge in [-0.25, -0.2) is 0 Å². The number of fused-ring (bicyclic) bond motifs is 1. The molecule has 0 atom stereocenters. The maximum absolute atomic E-state index is 13.0. The first-order valence-corrected chi connectivity index (χ1v) is 8.51. The van der Waals surface area contributed by atoms with Crippen molar-refractivity contribution in [3.63, 3.8) is 0 Å². The van der Waals surface area contributed by atoms with Crippen molar-refractivity contribution < 1.29 is 14.6 Å². The molecule has 0 unspecified atom stereocenters. The SMILES string of the molecule is C=C1N(CCCO)C(=O)c2c(nc(OCC)n2CCC(C)C)N1C. The number of amides is 1. The molecule has 0 saturated carbocycles. The summed E-state index contributed by atoms with van der Waals surface area (Å²) in [5.41, 5.74) is 0.534. The minimum atomic E-state index is -0.135. The fraction of sp³-hybridized carbons (Fsp3) is 0.647. The number of ether oxygens (including phenoxy) is 1. The van der Waals surface area contributed by atoms with Gasteiger partial charge in [-0.15, -0.1) is 0 Å². The first-order chi connectivity index (χ1) is 11.4. The highest BCUT2D eigenvalue weighted by Crippen LogP contribution is 2.34. The highest BCUT2D eigenvalue weighted by molar-refractivity contribution is 6.01. The predicted molar refractivity (Wildman–Crippen MR) is 93.1 cm³/mol. The van der Waals surface area contributed by atoms with E-state index in [4.69, 9.17) is 9.84 Å². The smallest absolute Gasteiger partial charge is 0.298 e. The average Bonchev–Trinajstić information content (AvgIpc) is 2.90. The highest BCUT2D eigenvalue weighted by atomic mass is 16.5. The number of hydrogen-bond acceptors (Lipinski definition) is 5. The van der Waals surface area contributed by atoms with Crippen molar-refractivity contribution in [1.82, 2.24) is 14.5 Å². The second kappa shape index (κ2) is 7.70. The quantitative estimate of drug-likeness (QED) is 0.787. The number of imidazole rings is 1. The van der Waals surface area contributed by atoms with Crippen LogP contribution in [0.15, 0.2) is 12.4 Å². The van der Waals surface area contributed by atoms with Gasteiger partial charge in [0.25, 0.3) is 11.9 Å². The molecule has 1 N–H and O–H groups in total. The minimum Gasteiger partial charge on any atom is -0.465 e. The van der Waals surface area contributed by atoms with Crippen LogP contribution >= 0.6 is 0 Å². The fourth-order valence-corrected chi connectivity index (χ4v) is 2.71. The fourth-order valence-electron chi connectivity index (χ4n) is 2.71. The molecule has 0 spiro atoms. The Bertz CT molecular complexity index is 609. The summed E-state index contributed by atoms with van der Waals surface area (Å²) in [5, 5.41) is 9.09. The van der Waals surface area contributed by atoms with E-state index in [2.05, 4.69) is 25.4 Å². The Labute approximate surface area is 143 Å². The largest absolute Gasteiger partial charge is 0.465 e. The van der Waals surface area contributed by atoms with Gasteiger partial charge < -0.3 is 14.7 Å². The van der Waals surface area contributed by atoms with E-state index >= 15 is 0 Å². The molecular formula is C17H28N4O3. The molecule has 2 rings (SSSR count). The van der Waals surface area contributed by atoms with Gasteiger partial charge in [-0.2, -0.15) is 4.98 Å². The number of aliphatic hydroxyl groups is 1. The number of carbonyl (C=O) groups is 1. The molecule has 7 heteroatoms. The van der Waals surface area contributed by atoms with E-state index in [1.54, 1.807) is 4.90 Å². The van der Waals surface area contributed by atoms with Crippen LogP contribution in [0.25, 0.3) is 0 Å². The lowest BCUT2D eigenvalue weighted by atomic mass is 10.1. The minimum absolute atomic E-state index is 0.0322. The van der Waals surface area contributed by atoms with Crippen LogP contribution in [0.4, 0.5) is 5.82 Å². The summed E-state index contributed by atoms with van der Waals surface area (Å²) >= 11 is 0. The summed E-state index contributed by atoms with van der Waals surface area (Å²) in [6, 6.07) is 0.472. The molecule has 7 nitrogen and oxygen atoms in total. The van der Waals surface area contributed by atoms with Crippen molar-refractivity contribution in [3.05, 3.63) is 18.1 Å². The van der Waals surface area contributed by atoms with Gasteiger partial charge >= 0.3 is 0 Å². The van der Waals surface area contributed by atoms with Crippen molar-refractivity contribution in [2.75, 3.05) is 31.7 Å². The summed E-state index contributed by atoms with van der Waals surface area (Å²) in [6.07, 6.45) is 1.43. The van der Waals surface area contributed by atoms with Crippen LogP contribution in [0.3, 0.4) is 0 Å². The second-order valence-corrected chi connectivity index (χ2v) is 6.34. The lowest BCUT2D eigenvalue weighted by Gasteiger charge is -2.35. The van der Waals surface area contributed by atoms with Crippen molar-refractivity contribution in [2.45, 2.75) is 40.2 Å². The molecule has 1 aromatic heterocycles. The molecule has 0 radical (unpaired) electrons. The Morgan fingerprint density at radius 1 is 1.33 bits per heavy atom. The monoisotopic (exact) mass is 336 g/mol. The molecule has 0 saturated heterocycles. The number of anilines is 1. The Balaban J connectivity index is 2.45. The Morgan fingerprint density at radius 3 is 2.62 bits per heavy atom. The van der Waals surface area contributed by atoms with E-state index in [0.29, 0.717) is 55.4 Å². The average molecular weight is 336 g/mol. The van der Waals surface area contributed by atoms with Crippen molar-refractivity contribution in [3.8, 4) is 6.01 Å². The van der Waals surface area contributed by atoms with Gasteiger partial charge in [0.05, 0.1) is 6.61 Å². The van der Waals surface area contributed by atoms with Crippen LogP contribution in [0, 0.1) is 5.92 Å². The molecule has 0 aliphatic carbocycles. The van der Waals surface area contributed by atoms with Crippen molar-refractivity contribution >= 4 is 11.7 Å². The predicted octanol–water partition coefficient (Wildman–Crippen LogP) is 2.07. The zero-order valence-corrected chi connectivity index (χ0v) is 15.1. The van der Waals surface area contributed by atoms with Gasteiger partial charge in [0, 0.05) is 26.7 Å². The molecule has 1 aliphatic rings. The molecule has 1 aromatic rings. The van der Waals surface area contributed by atoms with Crippen LogP contribution < -0.4 is 9.64 Å². The van der Waals surface area contributed by atoms with Crippen molar-refractivity contribution in [1.29, 1.82) is 0 Å². The standard InChI is InChI=1S/C17H28N4O3/c1-6-24-17-18-15-14(21(17)10-8-12(2)3)16(23)20(9-7-11-22)13(4)19(15)5/h12,22H,4,6-11H2,1-3,5H3. The van der Waals surface area contributed by atoms with E-state index < -0.39 is 0 Å². The summed E-state index contributed by atoms with van der Waals surface area (Å²) in [6.45, 7) is 11.8. The van der Waals surface area contributed by atoms with E-state index in [9.17, 15) is 4.79 Å². The van der Waals surface area contributed by atoms with Gasteiger partial charge in [0.2, 0.25) is 0 Å².